The molecule has 8 nitrogen and oxygen atoms in total. The van der Waals surface area contributed by atoms with Crippen LogP contribution in [0.1, 0.15) is 24.8 Å². The highest BCUT2D eigenvalue weighted by atomic mass is 32.2. The fourth-order valence-electron chi connectivity index (χ4n) is 3.85. The first kappa shape index (κ1) is 24.9. The van der Waals surface area contributed by atoms with E-state index < -0.39 is 10.0 Å². The first-order valence-electron chi connectivity index (χ1n) is 11.2. The van der Waals surface area contributed by atoms with Gasteiger partial charge in [-0.3, -0.25) is 9.10 Å². The van der Waals surface area contributed by atoms with E-state index in [0.717, 1.165) is 35.9 Å². The van der Waals surface area contributed by atoms with Gasteiger partial charge in [0.2, 0.25) is 5.91 Å². The van der Waals surface area contributed by atoms with Crippen molar-refractivity contribution in [3.63, 3.8) is 0 Å². The lowest BCUT2D eigenvalue weighted by molar-refractivity contribution is -0.119. The lowest BCUT2D eigenvalue weighted by Crippen LogP contribution is -2.41. The maximum absolute atomic E-state index is 13.6. The summed E-state index contributed by atoms with van der Waals surface area (Å²) in [6, 6.07) is 11.4. The van der Waals surface area contributed by atoms with Crippen LogP contribution < -0.4 is 19.1 Å². The van der Waals surface area contributed by atoms with Crippen LogP contribution in [-0.2, 0) is 14.8 Å². The predicted molar refractivity (Wildman–Crippen MR) is 129 cm³/mol. The van der Waals surface area contributed by atoms with E-state index in [1.807, 2.05) is 6.92 Å². The summed E-state index contributed by atoms with van der Waals surface area (Å²) < 4.78 is 39.0. The number of likely N-dealkylation sites (tertiary alicyclic amines) is 1. The van der Waals surface area contributed by atoms with Crippen LogP contribution in [0.4, 0.5) is 5.69 Å². The summed E-state index contributed by atoms with van der Waals surface area (Å²) in [6.07, 6.45) is 3.26. The number of rotatable bonds is 11. The van der Waals surface area contributed by atoms with Gasteiger partial charge < -0.3 is 19.7 Å². The monoisotopic (exact) mass is 475 g/mol. The number of hydrogen-bond donors (Lipinski definition) is 1. The molecule has 0 aromatic heterocycles. The molecule has 0 unspecified atom stereocenters. The second kappa shape index (κ2) is 11.4. The highest BCUT2D eigenvalue weighted by Crippen LogP contribution is 2.35. The Labute approximate surface area is 196 Å². The molecule has 9 heteroatoms. The van der Waals surface area contributed by atoms with Gasteiger partial charge >= 0.3 is 0 Å². The van der Waals surface area contributed by atoms with E-state index in [1.165, 1.54) is 39.2 Å². The van der Waals surface area contributed by atoms with Gasteiger partial charge in [-0.05, 0) is 70.1 Å². The number of nitrogens with zero attached hydrogens (tertiary/aromatic N) is 2. The number of anilines is 1. The fraction of sp³-hybridized carbons (Fsp3) is 0.458. The molecule has 2 aromatic carbocycles. The van der Waals surface area contributed by atoms with Crippen molar-refractivity contribution in [1.82, 2.24) is 10.2 Å². The van der Waals surface area contributed by atoms with Gasteiger partial charge in [0.15, 0.2) is 0 Å². The highest BCUT2D eigenvalue weighted by Gasteiger charge is 2.30. The van der Waals surface area contributed by atoms with Crippen LogP contribution in [0.3, 0.4) is 0 Å². The third-order valence-corrected chi connectivity index (χ3v) is 7.50. The number of methoxy groups -OCH3 is 2. The van der Waals surface area contributed by atoms with Crippen molar-refractivity contribution in [2.45, 2.75) is 31.1 Å². The Bertz CT molecular complexity index is 1030. The highest BCUT2D eigenvalue weighted by molar-refractivity contribution is 7.92. The number of carbonyl (C=O) groups is 1. The average Bonchev–Trinajstić information content (AvgIpc) is 3.33. The van der Waals surface area contributed by atoms with E-state index >= 15 is 0 Å². The summed E-state index contributed by atoms with van der Waals surface area (Å²) in [5.74, 6) is 0.409. The number of hydrogen-bond acceptors (Lipinski definition) is 6. The Kier molecular flexibility index (Phi) is 8.57. The minimum Gasteiger partial charge on any atom is -0.497 e. The smallest absolute Gasteiger partial charge is 0.264 e. The molecule has 0 atom stereocenters. The topological polar surface area (TPSA) is 88.2 Å². The fourth-order valence-corrected chi connectivity index (χ4v) is 5.28. The number of ether oxygens (including phenoxy) is 2. The Morgan fingerprint density at radius 2 is 1.76 bits per heavy atom. The summed E-state index contributed by atoms with van der Waals surface area (Å²) in [7, 11) is -1.08. The van der Waals surface area contributed by atoms with Crippen LogP contribution in [0.2, 0.25) is 0 Å². The summed E-state index contributed by atoms with van der Waals surface area (Å²) in [4.78, 5) is 15.3. The average molecular weight is 476 g/mol. The molecule has 1 aliphatic rings. The second-order valence-corrected chi connectivity index (χ2v) is 9.98. The molecule has 1 heterocycles. The molecule has 0 saturated carbocycles. The van der Waals surface area contributed by atoms with Crippen molar-refractivity contribution in [1.29, 1.82) is 0 Å². The van der Waals surface area contributed by atoms with Crippen molar-refractivity contribution in [3.05, 3.63) is 48.0 Å². The van der Waals surface area contributed by atoms with Gasteiger partial charge in [0.05, 0.1) is 24.8 Å². The summed E-state index contributed by atoms with van der Waals surface area (Å²) in [5.41, 5.74) is 1.18. The normalized spacial score (nSPS) is 14.2. The molecular weight excluding hydrogens is 442 g/mol. The molecule has 0 bridgehead atoms. The first-order valence-corrected chi connectivity index (χ1v) is 12.6. The van der Waals surface area contributed by atoms with Crippen molar-refractivity contribution >= 4 is 21.6 Å². The van der Waals surface area contributed by atoms with Crippen LogP contribution >= 0.6 is 0 Å². The lowest BCUT2D eigenvalue weighted by atomic mass is 10.2. The number of benzene rings is 2. The van der Waals surface area contributed by atoms with Crippen molar-refractivity contribution in [2.75, 3.05) is 51.2 Å². The van der Waals surface area contributed by atoms with Crippen molar-refractivity contribution < 1.29 is 22.7 Å². The Morgan fingerprint density at radius 3 is 2.39 bits per heavy atom. The maximum atomic E-state index is 13.6. The minimum atomic E-state index is -4.04. The molecule has 180 valence electrons. The zero-order valence-corrected chi connectivity index (χ0v) is 20.4. The number of carbonyl (C=O) groups excluding carboxylic acids is 1. The lowest BCUT2D eigenvalue weighted by Gasteiger charge is -2.26. The molecule has 3 rings (SSSR count). The van der Waals surface area contributed by atoms with Crippen LogP contribution in [0.15, 0.2) is 47.4 Å². The van der Waals surface area contributed by atoms with Gasteiger partial charge in [0.25, 0.3) is 10.0 Å². The number of nitrogens with one attached hydrogen (secondary N) is 1. The number of amides is 1. The maximum Gasteiger partial charge on any atom is 0.264 e. The van der Waals surface area contributed by atoms with E-state index in [0.29, 0.717) is 18.0 Å². The molecular formula is C24H33N3O5S. The van der Waals surface area contributed by atoms with E-state index in [2.05, 4.69) is 10.2 Å². The van der Waals surface area contributed by atoms with Crippen LogP contribution in [-0.4, -0.2) is 66.2 Å². The van der Waals surface area contributed by atoms with Gasteiger partial charge in [-0.1, -0.05) is 17.7 Å². The third-order valence-electron chi connectivity index (χ3n) is 5.72. The standard InChI is InChI=1S/C24H33N3O5S/c1-19-7-10-21(11-8-19)33(29,30)27(22-17-20(31-2)9-12-23(22)32-3)18-24(28)25-13-6-16-26-14-4-5-15-26/h7-12,17H,4-6,13-16,18H2,1-3H3,(H,25,28). The van der Waals surface area contributed by atoms with Gasteiger partial charge in [0.1, 0.15) is 18.0 Å². The van der Waals surface area contributed by atoms with Gasteiger partial charge in [-0.25, -0.2) is 8.42 Å². The molecule has 1 amide bonds. The molecule has 0 aliphatic carbocycles. The largest absolute Gasteiger partial charge is 0.497 e. The second-order valence-electron chi connectivity index (χ2n) is 8.11. The van der Waals surface area contributed by atoms with Crippen molar-refractivity contribution in [2.24, 2.45) is 0 Å². The zero-order chi connectivity index (χ0) is 23.8. The molecule has 1 saturated heterocycles. The van der Waals surface area contributed by atoms with Gasteiger partial charge in [0, 0.05) is 12.6 Å². The quantitative estimate of drug-likeness (QED) is 0.503. The molecule has 0 spiro atoms. The Morgan fingerprint density at radius 1 is 1.06 bits per heavy atom. The molecule has 1 N–H and O–H groups in total. The van der Waals surface area contributed by atoms with E-state index in [9.17, 15) is 13.2 Å². The molecule has 2 aromatic rings. The molecule has 1 aliphatic heterocycles. The number of aryl methyl sites for hydroxylation is 1. The van der Waals surface area contributed by atoms with Crippen molar-refractivity contribution in [3.8, 4) is 11.5 Å². The molecule has 33 heavy (non-hydrogen) atoms. The van der Waals surface area contributed by atoms with Crippen LogP contribution in [0.25, 0.3) is 0 Å². The summed E-state index contributed by atoms with van der Waals surface area (Å²) in [6.45, 7) is 5.13. The van der Waals surface area contributed by atoms with Gasteiger partial charge in [-0.15, -0.1) is 0 Å². The third kappa shape index (κ3) is 6.39. The predicted octanol–water partition coefficient (Wildman–Crippen LogP) is 2.81. The van der Waals surface area contributed by atoms with E-state index in [-0.39, 0.29) is 23.0 Å². The molecule has 1 fully saturated rings. The Hall–Kier alpha value is -2.78. The first-order chi connectivity index (χ1) is 15.8. The van der Waals surface area contributed by atoms with Gasteiger partial charge in [-0.2, -0.15) is 0 Å². The number of sulfonamides is 1. The molecule has 0 radical (unpaired) electrons. The SMILES string of the molecule is COc1ccc(OC)c(N(CC(=O)NCCCN2CCCC2)S(=O)(=O)c2ccc(C)cc2)c1. The Balaban J connectivity index is 1.82. The zero-order valence-electron chi connectivity index (χ0n) is 19.5. The van der Waals surface area contributed by atoms with E-state index in [4.69, 9.17) is 9.47 Å². The summed E-state index contributed by atoms with van der Waals surface area (Å²) in [5, 5.41) is 2.86. The summed E-state index contributed by atoms with van der Waals surface area (Å²) >= 11 is 0. The van der Waals surface area contributed by atoms with E-state index in [1.54, 1.807) is 30.3 Å². The minimum absolute atomic E-state index is 0.0970. The van der Waals surface area contributed by atoms with Crippen LogP contribution in [0.5, 0.6) is 11.5 Å². The van der Waals surface area contributed by atoms with Crippen LogP contribution in [0, 0.1) is 6.92 Å².